The third-order valence-corrected chi connectivity index (χ3v) is 6.74. The summed E-state index contributed by atoms with van der Waals surface area (Å²) in [5, 5.41) is 6.28. The van der Waals surface area contributed by atoms with E-state index in [0.717, 1.165) is 17.0 Å². The van der Waals surface area contributed by atoms with Crippen molar-refractivity contribution in [3.8, 4) is 0 Å². The number of nitrogens with zero attached hydrogens (tertiary/aromatic N) is 3. The third-order valence-electron chi connectivity index (χ3n) is 5.61. The second kappa shape index (κ2) is 9.32. The number of primary amides is 1. The number of para-hydroxylation sites is 1. The molecule has 0 fully saturated rings. The number of halogens is 3. The van der Waals surface area contributed by atoms with Gasteiger partial charge in [0.05, 0.1) is 33.9 Å². The van der Waals surface area contributed by atoms with E-state index < -0.39 is 39.2 Å². The number of nitrogens with two attached hydrogens (primary N) is 1. The zero-order chi connectivity index (χ0) is 27.1. The summed E-state index contributed by atoms with van der Waals surface area (Å²) in [6, 6.07) is 13.1. The van der Waals surface area contributed by atoms with Crippen molar-refractivity contribution >= 4 is 38.2 Å². The molecule has 0 aliphatic carbocycles. The zero-order valence-electron chi connectivity index (χ0n) is 19.5. The van der Waals surface area contributed by atoms with Crippen molar-refractivity contribution in [1.82, 2.24) is 14.8 Å². The van der Waals surface area contributed by atoms with E-state index in [1.54, 1.807) is 18.2 Å². The summed E-state index contributed by atoms with van der Waals surface area (Å²) in [6.07, 6.45) is -3.85. The standard InChI is InChI=1S/C24H20F3N5O4S/c1-13-20(30-23(34)19-11-17(22(28)33)16-5-3-4-6-18(16)29-19)21(24(25,26)27)31-32(13)12-14-7-9-15(10-8-14)37(2,35)36/h3-11H,12H2,1-2H3,(H2,28,33)(H,30,34). The molecular formula is C24H20F3N5O4S. The van der Waals surface area contributed by atoms with Crippen LogP contribution in [0.25, 0.3) is 10.9 Å². The number of fused-ring (bicyclic) bond motifs is 1. The van der Waals surface area contributed by atoms with Gasteiger partial charge in [0.25, 0.3) is 5.91 Å². The summed E-state index contributed by atoms with van der Waals surface area (Å²) in [4.78, 5) is 29.1. The first-order valence-electron chi connectivity index (χ1n) is 10.7. The maximum Gasteiger partial charge on any atom is 0.437 e. The molecule has 0 atom stereocenters. The van der Waals surface area contributed by atoms with Crippen molar-refractivity contribution in [2.45, 2.75) is 24.5 Å². The second-order valence-corrected chi connectivity index (χ2v) is 10.3. The molecule has 2 amide bonds. The normalized spacial score (nSPS) is 12.0. The van der Waals surface area contributed by atoms with Crippen LogP contribution in [0, 0.1) is 6.92 Å². The van der Waals surface area contributed by atoms with Crippen LogP contribution < -0.4 is 11.1 Å². The quantitative estimate of drug-likeness (QED) is 0.390. The number of hydrogen-bond acceptors (Lipinski definition) is 6. The Hall–Kier alpha value is -4.26. The van der Waals surface area contributed by atoms with Crippen molar-refractivity contribution in [2.75, 3.05) is 11.6 Å². The average molecular weight is 532 g/mol. The number of carbonyl (C=O) groups is 2. The van der Waals surface area contributed by atoms with E-state index in [0.29, 0.717) is 10.9 Å². The number of amides is 2. The minimum absolute atomic E-state index is 0.00301. The van der Waals surface area contributed by atoms with E-state index in [9.17, 15) is 31.2 Å². The summed E-state index contributed by atoms with van der Waals surface area (Å²) >= 11 is 0. The smallest absolute Gasteiger partial charge is 0.366 e. The molecule has 0 spiro atoms. The molecule has 37 heavy (non-hydrogen) atoms. The highest BCUT2D eigenvalue weighted by Crippen LogP contribution is 2.36. The van der Waals surface area contributed by atoms with Crippen LogP contribution >= 0.6 is 0 Å². The number of aromatic nitrogens is 3. The Balaban J connectivity index is 1.71. The van der Waals surface area contributed by atoms with Gasteiger partial charge in [0.15, 0.2) is 15.5 Å². The highest BCUT2D eigenvalue weighted by atomic mass is 32.2. The number of pyridine rings is 1. The lowest BCUT2D eigenvalue weighted by Gasteiger charge is -2.10. The predicted octanol–water partition coefficient (Wildman–Crippen LogP) is 3.56. The Morgan fingerprint density at radius 3 is 2.32 bits per heavy atom. The summed E-state index contributed by atoms with van der Waals surface area (Å²) in [7, 11) is -3.44. The van der Waals surface area contributed by atoms with Crippen molar-refractivity contribution in [2.24, 2.45) is 5.73 Å². The first kappa shape index (κ1) is 25.8. The Bertz CT molecular complexity index is 1650. The van der Waals surface area contributed by atoms with E-state index >= 15 is 0 Å². The summed E-state index contributed by atoms with van der Waals surface area (Å²) in [5.74, 6) is -1.81. The zero-order valence-corrected chi connectivity index (χ0v) is 20.3. The van der Waals surface area contributed by atoms with Crippen LogP contribution in [-0.4, -0.2) is 41.3 Å². The van der Waals surface area contributed by atoms with E-state index in [4.69, 9.17) is 5.73 Å². The molecule has 0 saturated carbocycles. The summed E-state index contributed by atoms with van der Waals surface area (Å²) in [5.41, 5.74) is 4.00. The van der Waals surface area contributed by atoms with E-state index in [2.05, 4.69) is 15.4 Å². The summed E-state index contributed by atoms with van der Waals surface area (Å²) in [6.45, 7) is 1.24. The summed E-state index contributed by atoms with van der Waals surface area (Å²) < 4.78 is 65.8. The number of sulfone groups is 1. The topological polar surface area (TPSA) is 137 Å². The minimum Gasteiger partial charge on any atom is -0.366 e. The monoisotopic (exact) mass is 531 g/mol. The maximum absolute atomic E-state index is 13.8. The predicted molar refractivity (Wildman–Crippen MR) is 129 cm³/mol. The first-order valence-corrected chi connectivity index (χ1v) is 12.6. The number of nitrogens with one attached hydrogen (secondary N) is 1. The van der Waals surface area contributed by atoms with Crippen LogP contribution in [0.3, 0.4) is 0 Å². The molecule has 3 N–H and O–H groups in total. The number of rotatable bonds is 6. The van der Waals surface area contributed by atoms with Gasteiger partial charge in [0, 0.05) is 11.6 Å². The van der Waals surface area contributed by atoms with Gasteiger partial charge < -0.3 is 11.1 Å². The number of anilines is 1. The number of alkyl halides is 3. The van der Waals surface area contributed by atoms with Crippen LogP contribution in [0.2, 0.25) is 0 Å². The number of benzene rings is 2. The largest absolute Gasteiger partial charge is 0.437 e. The molecule has 192 valence electrons. The van der Waals surface area contributed by atoms with E-state index in [-0.39, 0.29) is 33.9 Å². The fourth-order valence-corrected chi connectivity index (χ4v) is 4.37. The third kappa shape index (κ3) is 5.31. The molecule has 4 rings (SSSR count). The van der Waals surface area contributed by atoms with Crippen LogP contribution in [0.15, 0.2) is 59.5 Å². The van der Waals surface area contributed by atoms with Gasteiger partial charge in [0.1, 0.15) is 5.69 Å². The van der Waals surface area contributed by atoms with Gasteiger partial charge in [-0.25, -0.2) is 13.4 Å². The van der Waals surface area contributed by atoms with Gasteiger partial charge in [-0.05, 0) is 36.8 Å². The SMILES string of the molecule is Cc1c(NC(=O)c2cc(C(N)=O)c3ccccc3n2)c(C(F)(F)F)nn1Cc1ccc(S(C)(=O)=O)cc1. The Labute approximate surface area is 209 Å². The Morgan fingerprint density at radius 2 is 1.73 bits per heavy atom. The van der Waals surface area contributed by atoms with Crippen LogP contribution in [0.4, 0.5) is 18.9 Å². The van der Waals surface area contributed by atoms with Crippen molar-refractivity contribution < 1.29 is 31.2 Å². The Kier molecular flexibility index (Phi) is 6.50. The molecule has 0 aliphatic heterocycles. The fraction of sp³-hybridized carbons (Fsp3) is 0.167. The lowest BCUT2D eigenvalue weighted by atomic mass is 10.1. The van der Waals surface area contributed by atoms with Crippen molar-refractivity contribution in [3.63, 3.8) is 0 Å². The molecular weight excluding hydrogens is 511 g/mol. The van der Waals surface area contributed by atoms with Crippen LogP contribution in [-0.2, 0) is 22.6 Å². The minimum atomic E-state index is -4.89. The molecule has 2 aromatic heterocycles. The lowest BCUT2D eigenvalue weighted by Crippen LogP contribution is -2.19. The van der Waals surface area contributed by atoms with E-state index in [1.165, 1.54) is 37.3 Å². The van der Waals surface area contributed by atoms with Gasteiger partial charge in [-0.15, -0.1) is 0 Å². The first-order chi connectivity index (χ1) is 17.3. The molecule has 0 saturated heterocycles. The van der Waals surface area contributed by atoms with Gasteiger partial charge in [-0.2, -0.15) is 18.3 Å². The molecule has 0 unspecified atom stereocenters. The molecule has 0 aliphatic rings. The van der Waals surface area contributed by atoms with Crippen molar-refractivity contribution in [3.05, 3.63) is 82.8 Å². The molecule has 2 aromatic carbocycles. The molecule has 0 bridgehead atoms. The highest BCUT2D eigenvalue weighted by Gasteiger charge is 2.39. The molecule has 4 aromatic rings. The van der Waals surface area contributed by atoms with Gasteiger partial charge in [-0.1, -0.05) is 30.3 Å². The van der Waals surface area contributed by atoms with Gasteiger partial charge >= 0.3 is 6.18 Å². The average Bonchev–Trinajstić information content (AvgIpc) is 3.13. The molecule has 9 nitrogen and oxygen atoms in total. The lowest BCUT2D eigenvalue weighted by molar-refractivity contribution is -0.140. The van der Waals surface area contributed by atoms with Crippen molar-refractivity contribution in [1.29, 1.82) is 0 Å². The van der Waals surface area contributed by atoms with Crippen LogP contribution in [0.1, 0.15) is 37.8 Å². The fourth-order valence-electron chi connectivity index (χ4n) is 3.74. The maximum atomic E-state index is 13.8. The molecule has 2 heterocycles. The van der Waals surface area contributed by atoms with Gasteiger partial charge in [0.2, 0.25) is 5.91 Å². The number of hydrogen-bond donors (Lipinski definition) is 2. The number of carbonyl (C=O) groups excluding carboxylic acids is 2. The Morgan fingerprint density at radius 1 is 1.08 bits per heavy atom. The van der Waals surface area contributed by atoms with Crippen LogP contribution in [0.5, 0.6) is 0 Å². The van der Waals surface area contributed by atoms with E-state index in [1.807, 2.05) is 0 Å². The highest BCUT2D eigenvalue weighted by molar-refractivity contribution is 7.90. The second-order valence-electron chi connectivity index (χ2n) is 8.27. The molecule has 13 heteroatoms. The molecule has 0 radical (unpaired) electrons. The van der Waals surface area contributed by atoms with Gasteiger partial charge in [-0.3, -0.25) is 14.3 Å².